The van der Waals surface area contributed by atoms with Crippen molar-refractivity contribution in [2.75, 3.05) is 12.5 Å². The zero-order chi connectivity index (χ0) is 18.5. The molecule has 3 aromatic rings. The Morgan fingerprint density at radius 2 is 1.92 bits per heavy atom. The molecule has 2 aromatic carbocycles. The van der Waals surface area contributed by atoms with Crippen molar-refractivity contribution in [3.8, 4) is 11.5 Å². The fourth-order valence-corrected chi connectivity index (χ4v) is 3.22. The van der Waals surface area contributed by atoms with Gasteiger partial charge in [0.2, 0.25) is 0 Å². The van der Waals surface area contributed by atoms with E-state index in [0.29, 0.717) is 28.1 Å². The molecule has 0 fully saturated rings. The summed E-state index contributed by atoms with van der Waals surface area (Å²) in [5, 5.41) is 8.66. The van der Waals surface area contributed by atoms with E-state index in [4.69, 9.17) is 32.7 Å². The van der Waals surface area contributed by atoms with Crippen molar-refractivity contribution in [1.29, 1.82) is 0 Å². The molecule has 1 N–H and O–H groups in total. The highest BCUT2D eigenvalue weighted by atomic mass is 79.9. The van der Waals surface area contributed by atoms with Gasteiger partial charge in [0.25, 0.3) is 0 Å². The number of hydrogen-bond donors (Lipinski definition) is 1. The van der Waals surface area contributed by atoms with Crippen LogP contribution < -0.4 is 14.9 Å². The fraction of sp³-hybridized carbons (Fsp3) is 0.176. The summed E-state index contributed by atoms with van der Waals surface area (Å²) >= 11 is 15.7. The molecule has 9 heteroatoms. The summed E-state index contributed by atoms with van der Waals surface area (Å²) in [6.07, 6.45) is 3.14. The minimum absolute atomic E-state index is 0.280. The van der Waals surface area contributed by atoms with E-state index in [0.717, 1.165) is 15.6 Å². The monoisotopic (exact) mass is 456 g/mol. The van der Waals surface area contributed by atoms with Crippen LogP contribution >= 0.6 is 39.1 Å². The van der Waals surface area contributed by atoms with Crippen molar-refractivity contribution < 1.29 is 9.47 Å². The van der Waals surface area contributed by atoms with E-state index in [-0.39, 0.29) is 6.61 Å². The van der Waals surface area contributed by atoms with Crippen LogP contribution in [0.1, 0.15) is 11.1 Å². The van der Waals surface area contributed by atoms with E-state index in [2.05, 4.69) is 31.6 Å². The molecule has 0 atom stereocenters. The second-order valence-electron chi connectivity index (χ2n) is 5.29. The quantitative estimate of drug-likeness (QED) is 0.558. The van der Waals surface area contributed by atoms with Crippen LogP contribution in [0.2, 0.25) is 10.0 Å². The van der Waals surface area contributed by atoms with Gasteiger partial charge < -0.3 is 14.9 Å². The summed E-state index contributed by atoms with van der Waals surface area (Å²) in [5.74, 6) is 1.24. The Morgan fingerprint density at radius 1 is 1.15 bits per heavy atom. The molecule has 0 bridgehead atoms. The normalized spacial score (nSPS) is 10.6. The zero-order valence-electron chi connectivity index (χ0n) is 13.7. The summed E-state index contributed by atoms with van der Waals surface area (Å²) in [4.78, 5) is 0. The summed E-state index contributed by atoms with van der Waals surface area (Å²) in [6, 6.07) is 9.05. The third-order valence-electron chi connectivity index (χ3n) is 3.63. The number of ether oxygens (including phenoxy) is 2. The largest absolute Gasteiger partial charge is 0.493 e. The number of nitrogens with zero attached hydrogens (tertiary/aromatic N) is 3. The van der Waals surface area contributed by atoms with Crippen LogP contribution in [0.4, 0.5) is 0 Å². The van der Waals surface area contributed by atoms with Crippen molar-refractivity contribution in [3.05, 3.63) is 68.6 Å². The Bertz CT molecular complexity index is 891. The lowest BCUT2D eigenvalue weighted by molar-refractivity contribution is 0.281. The maximum Gasteiger partial charge on any atom is 0.167 e. The number of benzene rings is 2. The predicted octanol–water partition coefficient (Wildman–Crippen LogP) is 4.68. The Morgan fingerprint density at radius 3 is 2.62 bits per heavy atom. The Labute approximate surface area is 169 Å². The highest BCUT2D eigenvalue weighted by Gasteiger charge is 2.15. The lowest BCUT2D eigenvalue weighted by Gasteiger charge is -2.18. The van der Waals surface area contributed by atoms with Gasteiger partial charge in [0.05, 0.1) is 13.7 Å². The van der Waals surface area contributed by atoms with Crippen LogP contribution in [0.3, 0.4) is 0 Å². The number of rotatable bonds is 7. The lowest BCUT2D eigenvalue weighted by Crippen LogP contribution is -2.14. The molecule has 0 saturated carbocycles. The average molecular weight is 458 g/mol. The second-order valence-corrected chi connectivity index (χ2v) is 6.98. The number of methoxy groups -OCH3 is 1. The van der Waals surface area contributed by atoms with Gasteiger partial charge in [0.1, 0.15) is 19.3 Å². The van der Waals surface area contributed by atoms with Gasteiger partial charge in [-0.05, 0) is 24.3 Å². The minimum Gasteiger partial charge on any atom is -0.493 e. The first-order valence-electron chi connectivity index (χ1n) is 7.59. The number of halogens is 3. The molecule has 3 rings (SSSR count). The molecule has 0 aliphatic heterocycles. The lowest BCUT2D eigenvalue weighted by atomic mass is 10.1. The van der Waals surface area contributed by atoms with Gasteiger partial charge in [0, 0.05) is 25.6 Å². The minimum atomic E-state index is 0.280. The van der Waals surface area contributed by atoms with Crippen molar-refractivity contribution in [2.24, 2.45) is 0 Å². The molecule has 1 aromatic heterocycles. The number of hydrogen-bond acceptors (Lipinski definition) is 5. The van der Waals surface area contributed by atoms with E-state index >= 15 is 0 Å². The molecule has 0 unspecified atom stereocenters. The molecule has 1 heterocycles. The topological polar surface area (TPSA) is 61.2 Å². The van der Waals surface area contributed by atoms with Crippen LogP contribution in [0.25, 0.3) is 0 Å². The predicted molar refractivity (Wildman–Crippen MR) is 105 cm³/mol. The Hall–Kier alpha value is -1.96. The molecular formula is C17H15BrCl2N4O2. The molecule has 0 spiro atoms. The first-order chi connectivity index (χ1) is 12.6. The van der Waals surface area contributed by atoms with Crippen LogP contribution in [-0.4, -0.2) is 22.0 Å². The van der Waals surface area contributed by atoms with Crippen LogP contribution in [-0.2, 0) is 13.2 Å². The summed E-state index contributed by atoms with van der Waals surface area (Å²) in [7, 11) is 1.60. The third-order valence-corrected chi connectivity index (χ3v) is 4.96. The van der Waals surface area contributed by atoms with E-state index < -0.39 is 0 Å². The number of nitrogens with one attached hydrogen (secondary N) is 1. The van der Waals surface area contributed by atoms with Gasteiger partial charge >= 0.3 is 0 Å². The molecule has 136 valence electrons. The standard InChI is InChI=1S/C17H15BrCl2N4O2/c1-25-16-5-4-14(18)13(7-23-24-9-21-22-10-24)17(16)26-8-11-2-3-12(19)6-15(11)20/h2-6,9-10,23H,7-8H2,1H3. The van der Waals surface area contributed by atoms with Gasteiger partial charge in [-0.1, -0.05) is 45.2 Å². The smallest absolute Gasteiger partial charge is 0.167 e. The third kappa shape index (κ3) is 4.41. The average Bonchev–Trinajstić information content (AvgIpc) is 3.14. The highest BCUT2D eigenvalue weighted by Crippen LogP contribution is 2.37. The van der Waals surface area contributed by atoms with Crippen molar-refractivity contribution >= 4 is 39.1 Å². The van der Waals surface area contributed by atoms with Gasteiger partial charge in [-0.15, -0.1) is 10.2 Å². The summed E-state index contributed by atoms with van der Waals surface area (Å²) < 4.78 is 14.1. The van der Waals surface area contributed by atoms with Crippen LogP contribution in [0.15, 0.2) is 47.5 Å². The zero-order valence-corrected chi connectivity index (χ0v) is 16.8. The SMILES string of the molecule is COc1ccc(Br)c(CNn2cnnc2)c1OCc1ccc(Cl)cc1Cl. The molecule has 0 saturated heterocycles. The highest BCUT2D eigenvalue weighted by molar-refractivity contribution is 9.10. The van der Waals surface area contributed by atoms with Crippen molar-refractivity contribution in [3.63, 3.8) is 0 Å². The fourth-order valence-electron chi connectivity index (χ4n) is 2.31. The maximum atomic E-state index is 6.23. The van der Waals surface area contributed by atoms with Crippen molar-refractivity contribution in [1.82, 2.24) is 14.9 Å². The summed E-state index contributed by atoms with van der Waals surface area (Å²) in [5.41, 5.74) is 4.89. The van der Waals surface area contributed by atoms with E-state index in [1.54, 1.807) is 36.6 Å². The second kappa shape index (κ2) is 8.62. The van der Waals surface area contributed by atoms with Crippen LogP contribution in [0, 0.1) is 0 Å². The van der Waals surface area contributed by atoms with E-state index in [1.807, 2.05) is 18.2 Å². The maximum absolute atomic E-state index is 6.23. The molecule has 26 heavy (non-hydrogen) atoms. The molecule has 6 nitrogen and oxygen atoms in total. The van der Waals surface area contributed by atoms with E-state index in [9.17, 15) is 0 Å². The van der Waals surface area contributed by atoms with Gasteiger partial charge in [0.15, 0.2) is 11.5 Å². The first kappa shape index (κ1) is 18.8. The number of aromatic nitrogens is 3. The summed E-state index contributed by atoms with van der Waals surface area (Å²) in [6.45, 7) is 0.752. The molecule has 0 aliphatic rings. The molecule has 0 radical (unpaired) electrons. The molecular weight excluding hydrogens is 443 g/mol. The van der Waals surface area contributed by atoms with E-state index in [1.165, 1.54) is 0 Å². The Kier molecular flexibility index (Phi) is 6.24. The molecule has 0 aliphatic carbocycles. The first-order valence-corrected chi connectivity index (χ1v) is 9.14. The van der Waals surface area contributed by atoms with Gasteiger partial charge in [-0.25, -0.2) is 4.68 Å². The molecule has 0 amide bonds. The van der Waals surface area contributed by atoms with Gasteiger partial charge in [-0.2, -0.15) is 0 Å². The van der Waals surface area contributed by atoms with Crippen molar-refractivity contribution in [2.45, 2.75) is 13.2 Å². The van der Waals surface area contributed by atoms with Gasteiger partial charge in [-0.3, -0.25) is 0 Å². The van der Waals surface area contributed by atoms with Crippen LogP contribution in [0.5, 0.6) is 11.5 Å². The Balaban J connectivity index is 1.84.